The summed E-state index contributed by atoms with van der Waals surface area (Å²) < 4.78 is 11.1. The van der Waals surface area contributed by atoms with Crippen molar-refractivity contribution in [2.24, 2.45) is 0 Å². The highest BCUT2D eigenvalue weighted by Gasteiger charge is 2.19. The van der Waals surface area contributed by atoms with Crippen molar-refractivity contribution in [2.75, 3.05) is 38.3 Å². The molecule has 5 heteroatoms. The zero-order valence-corrected chi connectivity index (χ0v) is 14.5. The average molecular weight is 335 g/mol. The first kappa shape index (κ1) is 15.8. The number of nitrogens with zero attached hydrogens (tertiary/aromatic N) is 3. The summed E-state index contributed by atoms with van der Waals surface area (Å²) in [4.78, 5) is 11.8. The molecule has 1 aliphatic heterocycles. The van der Waals surface area contributed by atoms with Gasteiger partial charge in [0.1, 0.15) is 11.6 Å². The molecule has 128 valence electrons. The lowest BCUT2D eigenvalue weighted by Crippen LogP contribution is -2.37. The lowest BCUT2D eigenvalue weighted by Gasteiger charge is -2.29. The quantitative estimate of drug-likeness (QED) is 0.734. The van der Waals surface area contributed by atoms with Gasteiger partial charge in [0.2, 0.25) is 0 Å². The number of methoxy groups -OCH3 is 1. The third-order valence-corrected chi connectivity index (χ3v) is 4.58. The van der Waals surface area contributed by atoms with Crippen molar-refractivity contribution in [3.63, 3.8) is 0 Å². The van der Waals surface area contributed by atoms with Gasteiger partial charge >= 0.3 is 0 Å². The van der Waals surface area contributed by atoms with Crippen LogP contribution in [-0.2, 0) is 4.74 Å². The topological polar surface area (TPSA) is 47.5 Å². The van der Waals surface area contributed by atoms with Crippen LogP contribution in [-0.4, -0.2) is 43.4 Å². The molecule has 25 heavy (non-hydrogen) atoms. The molecule has 0 aliphatic carbocycles. The predicted molar refractivity (Wildman–Crippen MR) is 99.3 cm³/mol. The predicted octanol–water partition coefficient (Wildman–Crippen LogP) is 3.45. The molecule has 1 saturated heterocycles. The van der Waals surface area contributed by atoms with Gasteiger partial charge in [-0.15, -0.1) is 0 Å². The molecule has 0 amide bonds. The molecule has 3 heterocycles. The summed E-state index contributed by atoms with van der Waals surface area (Å²) in [5.41, 5.74) is 3.91. The van der Waals surface area contributed by atoms with Gasteiger partial charge in [-0.1, -0.05) is 12.1 Å². The molecule has 0 N–H and O–H groups in total. The number of rotatable bonds is 3. The van der Waals surface area contributed by atoms with Gasteiger partial charge in [-0.3, -0.25) is 4.98 Å². The van der Waals surface area contributed by atoms with E-state index >= 15 is 0 Å². The Morgan fingerprint density at radius 1 is 1.12 bits per heavy atom. The fourth-order valence-electron chi connectivity index (χ4n) is 3.34. The smallest absolute Gasteiger partial charge is 0.138 e. The normalized spacial score (nSPS) is 14.7. The van der Waals surface area contributed by atoms with Crippen molar-refractivity contribution in [2.45, 2.75) is 6.92 Å². The van der Waals surface area contributed by atoms with Crippen molar-refractivity contribution in [1.82, 2.24) is 9.97 Å². The van der Waals surface area contributed by atoms with E-state index in [4.69, 9.17) is 14.5 Å². The van der Waals surface area contributed by atoms with E-state index in [-0.39, 0.29) is 0 Å². The number of benzene rings is 1. The number of anilines is 1. The van der Waals surface area contributed by atoms with Gasteiger partial charge in [0.15, 0.2) is 0 Å². The number of para-hydroxylation sites is 1. The zero-order valence-electron chi connectivity index (χ0n) is 14.5. The first-order valence-corrected chi connectivity index (χ1v) is 8.50. The van der Waals surface area contributed by atoms with Gasteiger partial charge in [0.25, 0.3) is 0 Å². The summed E-state index contributed by atoms with van der Waals surface area (Å²) in [6, 6.07) is 12.2. The summed E-state index contributed by atoms with van der Waals surface area (Å²) >= 11 is 0. The minimum absolute atomic E-state index is 0.724. The van der Waals surface area contributed by atoms with E-state index in [1.807, 2.05) is 43.5 Å². The molecule has 5 nitrogen and oxygen atoms in total. The first-order chi connectivity index (χ1) is 12.3. The van der Waals surface area contributed by atoms with Crippen LogP contribution in [0.1, 0.15) is 5.56 Å². The molecular formula is C20H21N3O2. The average Bonchev–Trinajstić information content (AvgIpc) is 2.67. The maximum Gasteiger partial charge on any atom is 0.138 e. The highest BCUT2D eigenvalue weighted by Crippen LogP contribution is 2.35. The van der Waals surface area contributed by atoms with Gasteiger partial charge in [0, 0.05) is 30.2 Å². The van der Waals surface area contributed by atoms with Crippen molar-refractivity contribution >= 4 is 16.7 Å². The number of ether oxygens (including phenoxy) is 2. The number of hydrogen-bond donors (Lipinski definition) is 0. The molecule has 3 aromatic rings. The summed E-state index contributed by atoms with van der Waals surface area (Å²) in [6.07, 6.45) is 1.82. The number of aryl methyl sites for hydroxylation is 1. The first-order valence-electron chi connectivity index (χ1n) is 8.50. The molecule has 4 rings (SSSR count). The third kappa shape index (κ3) is 2.91. The monoisotopic (exact) mass is 335 g/mol. The van der Waals surface area contributed by atoms with Gasteiger partial charge < -0.3 is 14.4 Å². The molecule has 0 bridgehead atoms. The number of fused-ring (bicyclic) bond motifs is 1. The van der Waals surface area contributed by atoms with Gasteiger partial charge in [-0.25, -0.2) is 4.98 Å². The van der Waals surface area contributed by atoms with E-state index in [1.165, 1.54) is 0 Å². The second kappa shape index (κ2) is 6.69. The highest BCUT2D eigenvalue weighted by molar-refractivity contribution is 5.93. The van der Waals surface area contributed by atoms with Crippen LogP contribution in [0.5, 0.6) is 5.75 Å². The van der Waals surface area contributed by atoms with Gasteiger partial charge in [0.05, 0.1) is 31.5 Å². The molecule has 0 saturated carbocycles. The molecule has 1 aliphatic rings. The second-order valence-electron chi connectivity index (χ2n) is 6.16. The maximum absolute atomic E-state index is 5.63. The summed E-state index contributed by atoms with van der Waals surface area (Å²) in [7, 11) is 1.70. The van der Waals surface area contributed by atoms with Crippen LogP contribution in [0.25, 0.3) is 22.2 Å². The van der Waals surface area contributed by atoms with E-state index in [9.17, 15) is 0 Å². The molecule has 0 spiro atoms. The van der Waals surface area contributed by atoms with E-state index in [0.717, 1.165) is 65.6 Å². The Labute approximate surface area is 147 Å². The van der Waals surface area contributed by atoms with Crippen molar-refractivity contribution in [1.29, 1.82) is 0 Å². The summed E-state index contributed by atoms with van der Waals surface area (Å²) in [5, 5.41) is 1.07. The SMILES string of the molecule is COc1c(C)cccc1-c1cc2ncccc2c(N2CCOCC2)n1. The Kier molecular flexibility index (Phi) is 4.24. The lowest BCUT2D eigenvalue weighted by atomic mass is 10.0. The summed E-state index contributed by atoms with van der Waals surface area (Å²) in [5.74, 6) is 1.82. The van der Waals surface area contributed by atoms with Crippen LogP contribution < -0.4 is 9.64 Å². The molecular weight excluding hydrogens is 314 g/mol. The van der Waals surface area contributed by atoms with Crippen molar-refractivity contribution in [3.05, 3.63) is 48.2 Å². The van der Waals surface area contributed by atoms with Crippen molar-refractivity contribution < 1.29 is 9.47 Å². The Morgan fingerprint density at radius 2 is 1.96 bits per heavy atom. The minimum Gasteiger partial charge on any atom is -0.496 e. The molecule has 0 atom stereocenters. The van der Waals surface area contributed by atoms with Crippen LogP contribution in [0, 0.1) is 6.92 Å². The van der Waals surface area contributed by atoms with Gasteiger partial charge in [-0.2, -0.15) is 0 Å². The number of morpholine rings is 1. The lowest BCUT2D eigenvalue weighted by molar-refractivity contribution is 0.122. The zero-order chi connectivity index (χ0) is 17.2. The minimum atomic E-state index is 0.724. The Balaban J connectivity index is 1.92. The number of pyridine rings is 2. The number of hydrogen-bond acceptors (Lipinski definition) is 5. The number of aromatic nitrogens is 2. The van der Waals surface area contributed by atoms with Crippen LogP contribution in [0.4, 0.5) is 5.82 Å². The molecule has 0 radical (unpaired) electrons. The Hall–Kier alpha value is -2.66. The fraction of sp³-hybridized carbons (Fsp3) is 0.300. The maximum atomic E-state index is 5.63. The molecule has 1 aromatic carbocycles. The van der Waals surface area contributed by atoms with Crippen molar-refractivity contribution in [3.8, 4) is 17.0 Å². The van der Waals surface area contributed by atoms with E-state index in [0.29, 0.717) is 0 Å². The molecule has 2 aromatic heterocycles. The summed E-state index contributed by atoms with van der Waals surface area (Å²) in [6.45, 7) is 5.17. The second-order valence-corrected chi connectivity index (χ2v) is 6.16. The van der Waals surface area contributed by atoms with Crippen LogP contribution in [0.3, 0.4) is 0 Å². The van der Waals surface area contributed by atoms with Crippen LogP contribution in [0.2, 0.25) is 0 Å². The van der Waals surface area contributed by atoms with Crippen LogP contribution in [0.15, 0.2) is 42.6 Å². The third-order valence-electron chi connectivity index (χ3n) is 4.58. The Morgan fingerprint density at radius 3 is 2.76 bits per heavy atom. The van der Waals surface area contributed by atoms with E-state index < -0.39 is 0 Å². The standard InChI is InChI=1S/C20H21N3O2/c1-14-5-3-6-15(19(14)24-2)18-13-17-16(7-4-8-21-17)20(22-18)23-9-11-25-12-10-23/h3-8,13H,9-12H2,1-2H3. The fourth-order valence-corrected chi connectivity index (χ4v) is 3.34. The highest BCUT2D eigenvalue weighted by atomic mass is 16.5. The van der Waals surface area contributed by atoms with Crippen LogP contribution >= 0.6 is 0 Å². The Bertz CT molecular complexity index is 905. The van der Waals surface area contributed by atoms with E-state index in [2.05, 4.69) is 16.0 Å². The molecule has 0 unspecified atom stereocenters. The van der Waals surface area contributed by atoms with Gasteiger partial charge in [-0.05, 0) is 36.8 Å². The largest absolute Gasteiger partial charge is 0.496 e. The molecule has 1 fully saturated rings. The van der Waals surface area contributed by atoms with E-state index in [1.54, 1.807) is 7.11 Å².